The Morgan fingerprint density at radius 3 is 2.81 bits per heavy atom. The average Bonchev–Trinajstić information content (AvgIpc) is 3.17. The zero-order valence-corrected chi connectivity index (χ0v) is 16.1. The van der Waals surface area contributed by atoms with Gasteiger partial charge in [-0.15, -0.1) is 0 Å². The third-order valence-corrected chi connectivity index (χ3v) is 4.92. The number of aromatic nitrogens is 2. The van der Waals surface area contributed by atoms with Crippen LogP contribution in [0, 0.1) is 0 Å². The fourth-order valence-electron chi connectivity index (χ4n) is 3.67. The highest BCUT2D eigenvalue weighted by atomic mass is 16.5. The van der Waals surface area contributed by atoms with Crippen LogP contribution in [0.25, 0.3) is 11.0 Å². The third kappa shape index (κ3) is 4.28. The summed E-state index contributed by atoms with van der Waals surface area (Å²) in [6.45, 7) is 3.65. The minimum atomic E-state index is -0.294. The van der Waals surface area contributed by atoms with Gasteiger partial charge < -0.3 is 19.9 Å². The first-order valence-corrected chi connectivity index (χ1v) is 9.23. The van der Waals surface area contributed by atoms with Crippen molar-refractivity contribution >= 4 is 22.8 Å². The van der Waals surface area contributed by atoms with Crippen molar-refractivity contribution in [3.8, 4) is 0 Å². The van der Waals surface area contributed by atoms with Gasteiger partial charge in [0.1, 0.15) is 12.4 Å². The number of benzene rings is 1. The molecule has 2 N–H and O–H groups in total. The van der Waals surface area contributed by atoms with Crippen LogP contribution in [-0.2, 0) is 27.9 Å². The predicted molar refractivity (Wildman–Crippen MR) is 102 cm³/mol. The van der Waals surface area contributed by atoms with Gasteiger partial charge in [-0.3, -0.25) is 14.5 Å². The maximum absolute atomic E-state index is 12.5. The normalized spacial score (nSPS) is 20.1. The molecule has 1 aromatic heterocycles. The number of rotatable bonds is 7. The van der Waals surface area contributed by atoms with Gasteiger partial charge in [0, 0.05) is 33.3 Å². The SMILES string of the molecule is CCNC(=O)C1CC(NC(=O)COC)CN1Cc1nc2ccccc2n1C. The Labute approximate surface area is 158 Å². The molecule has 1 aliphatic rings. The first kappa shape index (κ1) is 19.3. The molecule has 0 aliphatic carbocycles. The molecule has 0 spiro atoms. The number of ether oxygens (including phenoxy) is 1. The van der Waals surface area contributed by atoms with Crippen LogP contribution < -0.4 is 10.6 Å². The quantitative estimate of drug-likeness (QED) is 0.734. The minimum Gasteiger partial charge on any atom is -0.375 e. The summed E-state index contributed by atoms with van der Waals surface area (Å²) in [5, 5.41) is 5.85. The second kappa shape index (κ2) is 8.49. The highest BCUT2D eigenvalue weighted by Gasteiger charge is 2.37. The Morgan fingerprint density at radius 1 is 1.33 bits per heavy atom. The summed E-state index contributed by atoms with van der Waals surface area (Å²) in [6, 6.07) is 7.59. The molecule has 146 valence electrons. The van der Waals surface area contributed by atoms with E-state index in [2.05, 4.69) is 20.1 Å². The van der Waals surface area contributed by atoms with Gasteiger partial charge >= 0.3 is 0 Å². The van der Waals surface area contributed by atoms with Gasteiger partial charge in [-0.1, -0.05) is 12.1 Å². The van der Waals surface area contributed by atoms with E-state index >= 15 is 0 Å². The summed E-state index contributed by atoms with van der Waals surface area (Å²) >= 11 is 0. The number of nitrogens with one attached hydrogen (secondary N) is 2. The first-order chi connectivity index (χ1) is 13.0. The molecule has 8 nitrogen and oxygen atoms in total. The lowest BCUT2D eigenvalue weighted by Crippen LogP contribution is -2.43. The summed E-state index contributed by atoms with van der Waals surface area (Å²) in [5.41, 5.74) is 2.00. The molecule has 0 bridgehead atoms. The van der Waals surface area contributed by atoms with Crippen LogP contribution in [0.2, 0.25) is 0 Å². The first-order valence-electron chi connectivity index (χ1n) is 9.23. The molecular formula is C19H27N5O3. The topological polar surface area (TPSA) is 88.5 Å². The number of nitrogens with zero attached hydrogens (tertiary/aromatic N) is 3. The molecule has 1 aromatic carbocycles. The molecule has 8 heteroatoms. The second-order valence-corrected chi connectivity index (χ2v) is 6.85. The van der Waals surface area contributed by atoms with Gasteiger partial charge in [0.05, 0.1) is 23.6 Å². The molecular weight excluding hydrogens is 346 g/mol. The Hall–Kier alpha value is -2.45. The number of aryl methyl sites for hydroxylation is 1. The van der Waals surface area contributed by atoms with E-state index in [9.17, 15) is 9.59 Å². The molecule has 2 aromatic rings. The third-order valence-electron chi connectivity index (χ3n) is 4.92. The number of hydrogen-bond acceptors (Lipinski definition) is 5. The smallest absolute Gasteiger partial charge is 0.246 e. The summed E-state index contributed by atoms with van der Waals surface area (Å²) < 4.78 is 6.94. The number of carbonyl (C=O) groups excluding carboxylic acids is 2. The number of para-hydroxylation sites is 2. The van der Waals surface area contributed by atoms with E-state index in [0.29, 0.717) is 26.1 Å². The number of imidazole rings is 1. The fourth-order valence-corrected chi connectivity index (χ4v) is 3.67. The molecule has 2 amide bonds. The minimum absolute atomic E-state index is 0.0141. The fraction of sp³-hybridized carbons (Fsp3) is 0.526. The molecule has 2 heterocycles. The van der Waals surface area contributed by atoms with E-state index in [4.69, 9.17) is 9.72 Å². The second-order valence-electron chi connectivity index (χ2n) is 6.85. The molecule has 3 rings (SSSR count). The molecule has 1 fully saturated rings. The highest BCUT2D eigenvalue weighted by molar-refractivity contribution is 5.83. The summed E-state index contributed by atoms with van der Waals surface area (Å²) in [6.07, 6.45) is 0.575. The molecule has 1 aliphatic heterocycles. The molecule has 0 saturated carbocycles. The summed E-state index contributed by atoms with van der Waals surface area (Å²) in [4.78, 5) is 31.2. The number of hydrogen-bond donors (Lipinski definition) is 2. The van der Waals surface area contributed by atoms with Crippen LogP contribution in [0.1, 0.15) is 19.2 Å². The van der Waals surface area contributed by atoms with Gasteiger partial charge in [-0.2, -0.15) is 0 Å². The van der Waals surface area contributed by atoms with Crippen molar-refractivity contribution in [3.63, 3.8) is 0 Å². The monoisotopic (exact) mass is 373 g/mol. The van der Waals surface area contributed by atoms with Crippen molar-refractivity contribution in [2.75, 3.05) is 26.8 Å². The van der Waals surface area contributed by atoms with Crippen LogP contribution in [0.5, 0.6) is 0 Å². The van der Waals surface area contributed by atoms with Crippen LogP contribution in [0.4, 0.5) is 0 Å². The standard InChI is InChI=1S/C19H27N5O3/c1-4-20-19(26)16-9-13(21-18(25)12-27-3)10-24(16)11-17-22-14-7-5-6-8-15(14)23(17)2/h5-8,13,16H,4,9-12H2,1-3H3,(H,20,26)(H,21,25). The van der Waals surface area contributed by atoms with E-state index in [0.717, 1.165) is 16.9 Å². The number of likely N-dealkylation sites (N-methyl/N-ethyl adjacent to an activating group) is 1. The molecule has 2 atom stereocenters. The number of likely N-dealkylation sites (tertiary alicyclic amines) is 1. The van der Waals surface area contributed by atoms with Crippen molar-refractivity contribution in [2.45, 2.75) is 32.0 Å². The van der Waals surface area contributed by atoms with Crippen LogP contribution in [0.15, 0.2) is 24.3 Å². The van der Waals surface area contributed by atoms with Crippen molar-refractivity contribution in [2.24, 2.45) is 7.05 Å². The predicted octanol–water partition coefficient (Wildman–Crippen LogP) is 0.415. The average molecular weight is 373 g/mol. The Morgan fingerprint density at radius 2 is 2.11 bits per heavy atom. The summed E-state index contributed by atoms with van der Waals surface area (Å²) in [7, 11) is 3.48. The number of carbonyl (C=O) groups is 2. The van der Waals surface area contributed by atoms with Crippen molar-refractivity contribution in [1.82, 2.24) is 25.1 Å². The van der Waals surface area contributed by atoms with E-state index in [1.165, 1.54) is 7.11 Å². The molecule has 2 unspecified atom stereocenters. The lowest BCUT2D eigenvalue weighted by atomic mass is 10.1. The van der Waals surface area contributed by atoms with Crippen molar-refractivity contribution in [1.29, 1.82) is 0 Å². The largest absolute Gasteiger partial charge is 0.375 e. The Balaban J connectivity index is 1.78. The highest BCUT2D eigenvalue weighted by Crippen LogP contribution is 2.22. The number of amides is 2. The van der Waals surface area contributed by atoms with Gasteiger partial charge in [-0.25, -0.2) is 4.98 Å². The van der Waals surface area contributed by atoms with E-state index in [1.807, 2.05) is 38.2 Å². The van der Waals surface area contributed by atoms with Gasteiger partial charge in [0.25, 0.3) is 0 Å². The van der Waals surface area contributed by atoms with Crippen LogP contribution in [-0.4, -0.2) is 65.2 Å². The molecule has 0 radical (unpaired) electrons. The maximum atomic E-state index is 12.5. The molecule has 27 heavy (non-hydrogen) atoms. The van der Waals surface area contributed by atoms with E-state index < -0.39 is 0 Å². The van der Waals surface area contributed by atoms with Gasteiger partial charge in [0.15, 0.2) is 0 Å². The zero-order chi connectivity index (χ0) is 19.4. The zero-order valence-electron chi connectivity index (χ0n) is 16.1. The van der Waals surface area contributed by atoms with Gasteiger partial charge in [0.2, 0.25) is 11.8 Å². The van der Waals surface area contributed by atoms with E-state index in [1.54, 1.807) is 0 Å². The van der Waals surface area contributed by atoms with Crippen LogP contribution >= 0.6 is 0 Å². The van der Waals surface area contributed by atoms with Crippen molar-refractivity contribution < 1.29 is 14.3 Å². The van der Waals surface area contributed by atoms with Gasteiger partial charge in [-0.05, 0) is 25.5 Å². The summed E-state index contributed by atoms with van der Waals surface area (Å²) in [5.74, 6) is 0.718. The molecule has 1 saturated heterocycles. The Kier molecular flexibility index (Phi) is 6.08. The van der Waals surface area contributed by atoms with Crippen LogP contribution in [0.3, 0.4) is 0 Å². The Bertz CT molecular complexity index is 819. The lowest BCUT2D eigenvalue weighted by molar-refractivity contribution is -0.126. The van der Waals surface area contributed by atoms with Crippen molar-refractivity contribution in [3.05, 3.63) is 30.1 Å². The number of fused-ring (bicyclic) bond motifs is 1. The maximum Gasteiger partial charge on any atom is 0.246 e. The van der Waals surface area contributed by atoms with E-state index in [-0.39, 0.29) is 30.5 Å². The number of methoxy groups -OCH3 is 1. The lowest BCUT2D eigenvalue weighted by Gasteiger charge is -2.22.